The predicted molar refractivity (Wildman–Crippen MR) is 85.7 cm³/mol. The molecule has 0 aliphatic carbocycles. The van der Waals surface area contributed by atoms with E-state index in [1.54, 1.807) is 6.07 Å². The Labute approximate surface area is 129 Å². The Morgan fingerprint density at radius 2 is 1.80 bits per heavy atom. The molecular weight excluding hydrogens is 293 g/mol. The fourth-order valence-corrected chi connectivity index (χ4v) is 2.64. The lowest BCUT2D eigenvalue weighted by Crippen LogP contribution is -2.36. The lowest BCUT2D eigenvalue weighted by atomic mass is 9.92. The molecule has 1 unspecified atom stereocenters. The second kappa shape index (κ2) is 6.04. The second-order valence-electron chi connectivity index (χ2n) is 5.03. The highest BCUT2D eigenvalue weighted by Gasteiger charge is 2.29. The van der Waals surface area contributed by atoms with Crippen molar-refractivity contribution in [3.8, 4) is 0 Å². The third-order valence-electron chi connectivity index (χ3n) is 3.42. The normalized spacial score (nSPS) is 13.8. The molecule has 0 amide bonds. The molecule has 0 saturated heterocycles. The number of anilines is 1. The maximum atomic E-state index is 9.84. The standard InChI is InChI=1S/C16H17Cl2NO/c1-11-6-3-4-9-14(11)19-16(2,10-20)12-7-5-8-13(17)15(12)18/h3-9,19-20H,10H2,1-2H3. The molecule has 2 N–H and O–H groups in total. The Balaban J connectivity index is 2.44. The summed E-state index contributed by atoms with van der Waals surface area (Å²) in [5, 5.41) is 14.2. The Kier molecular flexibility index (Phi) is 4.59. The largest absolute Gasteiger partial charge is 0.394 e. The van der Waals surface area contributed by atoms with Gasteiger partial charge in [-0.1, -0.05) is 53.5 Å². The van der Waals surface area contributed by atoms with Crippen molar-refractivity contribution < 1.29 is 5.11 Å². The molecule has 0 heterocycles. The smallest absolute Gasteiger partial charge is 0.0843 e. The van der Waals surface area contributed by atoms with Gasteiger partial charge in [-0.3, -0.25) is 0 Å². The molecule has 2 rings (SSSR count). The van der Waals surface area contributed by atoms with Crippen molar-refractivity contribution in [2.24, 2.45) is 0 Å². The highest BCUT2D eigenvalue weighted by atomic mass is 35.5. The quantitative estimate of drug-likeness (QED) is 0.863. The zero-order chi connectivity index (χ0) is 14.8. The number of hydrogen-bond acceptors (Lipinski definition) is 2. The number of aliphatic hydroxyl groups is 1. The van der Waals surface area contributed by atoms with Gasteiger partial charge in [-0.15, -0.1) is 0 Å². The van der Waals surface area contributed by atoms with E-state index < -0.39 is 5.54 Å². The van der Waals surface area contributed by atoms with Crippen LogP contribution in [-0.4, -0.2) is 11.7 Å². The van der Waals surface area contributed by atoms with E-state index in [-0.39, 0.29) is 6.61 Å². The molecule has 0 aliphatic rings. The topological polar surface area (TPSA) is 32.3 Å². The second-order valence-corrected chi connectivity index (χ2v) is 5.82. The van der Waals surface area contributed by atoms with E-state index in [4.69, 9.17) is 23.2 Å². The molecule has 2 aromatic rings. The summed E-state index contributed by atoms with van der Waals surface area (Å²) >= 11 is 12.3. The van der Waals surface area contributed by atoms with E-state index in [1.807, 2.05) is 50.2 Å². The summed E-state index contributed by atoms with van der Waals surface area (Å²) in [6.45, 7) is 3.82. The Bertz CT molecular complexity index is 615. The van der Waals surface area contributed by atoms with Gasteiger partial charge in [0, 0.05) is 5.69 Å². The van der Waals surface area contributed by atoms with Crippen LogP contribution in [0.25, 0.3) is 0 Å². The first-order valence-corrected chi connectivity index (χ1v) is 7.13. The van der Waals surface area contributed by atoms with Gasteiger partial charge in [0.1, 0.15) is 0 Å². The van der Waals surface area contributed by atoms with Crippen molar-refractivity contribution in [1.82, 2.24) is 0 Å². The summed E-state index contributed by atoms with van der Waals surface area (Å²) < 4.78 is 0. The monoisotopic (exact) mass is 309 g/mol. The van der Waals surface area contributed by atoms with Crippen molar-refractivity contribution in [1.29, 1.82) is 0 Å². The minimum Gasteiger partial charge on any atom is -0.394 e. The molecule has 0 saturated carbocycles. The van der Waals surface area contributed by atoms with Gasteiger partial charge in [0.25, 0.3) is 0 Å². The molecule has 0 aliphatic heterocycles. The maximum Gasteiger partial charge on any atom is 0.0843 e. The first-order chi connectivity index (χ1) is 9.48. The fourth-order valence-electron chi connectivity index (χ4n) is 2.13. The number of para-hydroxylation sites is 1. The highest BCUT2D eigenvalue weighted by molar-refractivity contribution is 6.42. The predicted octanol–water partition coefficient (Wildman–Crippen LogP) is 4.62. The Hall–Kier alpha value is -1.22. The molecule has 20 heavy (non-hydrogen) atoms. The maximum absolute atomic E-state index is 9.84. The van der Waals surface area contributed by atoms with E-state index in [2.05, 4.69) is 5.32 Å². The van der Waals surface area contributed by atoms with Gasteiger partial charge < -0.3 is 10.4 Å². The van der Waals surface area contributed by atoms with Crippen LogP contribution in [0.3, 0.4) is 0 Å². The Morgan fingerprint density at radius 3 is 2.45 bits per heavy atom. The summed E-state index contributed by atoms with van der Waals surface area (Å²) in [5.74, 6) is 0. The molecule has 106 valence electrons. The van der Waals surface area contributed by atoms with Crippen molar-refractivity contribution >= 4 is 28.9 Å². The number of aryl methyl sites for hydroxylation is 1. The molecule has 1 atom stereocenters. The number of aliphatic hydroxyl groups excluding tert-OH is 1. The summed E-state index contributed by atoms with van der Waals surface area (Å²) in [6.07, 6.45) is 0. The number of rotatable bonds is 4. The molecule has 0 fully saturated rings. The van der Waals surface area contributed by atoms with Gasteiger partial charge >= 0.3 is 0 Å². The lowest BCUT2D eigenvalue weighted by Gasteiger charge is -2.32. The van der Waals surface area contributed by atoms with E-state index in [0.29, 0.717) is 10.0 Å². The summed E-state index contributed by atoms with van der Waals surface area (Å²) in [4.78, 5) is 0. The van der Waals surface area contributed by atoms with Crippen LogP contribution in [0.5, 0.6) is 0 Å². The van der Waals surface area contributed by atoms with Gasteiger partial charge in [0.15, 0.2) is 0 Å². The molecule has 2 aromatic carbocycles. The first-order valence-electron chi connectivity index (χ1n) is 6.37. The van der Waals surface area contributed by atoms with E-state index in [1.165, 1.54) is 0 Å². The number of halogens is 2. The van der Waals surface area contributed by atoms with Crippen molar-refractivity contribution in [3.63, 3.8) is 0 Å². The van der Waals surface area contributed by atoms with E-state index in [0.717, 1.165) is 16.8 Å². The summed E-state index contributed by atoms with van der Waals surface area (Å²) in [6, 6.07) is 13.4. The molecule has 0 spiro atoms. The molecule has 2 nitrogen and oxygen atoms in total. The van der Waals surface area contributed by atoms with Crippen LogP contribution in [0.15, 0.2) is 42.5 Å². The van der Waals surface area contributed by atoms with Gasteiger partial charge in [-0.05, 0) is 37.1 Å². The molecule has 0 bridgehead atoms. The summed E-state index contributed by atoms with van der Waals surface area (Å²) in [5.41, 5.74) is 2.14. The SMILES string of the molecule is Cc1ccccc1NC(C)(CO)c1cccc(Cl)c1Cl. The highest BCUT2D eigenvalue weighted by Crippen LogP contribution is 2.35. The van der Waals surface area contributed by atoms with Gasteiger partial charge in [-0.25, -0.2) is 0 Å². The van der Waals surface area contributed by atoms with Gasteiger partial charge in [0.2, 0.25) is 0 Å². The molecule has 0 radical (unpaired) electrons. The van der Waals surface area contributed by atoms with Crippen LogP contribution in [0, 0.1) is 6.92 Å². The minimum atomic E-state index is -0.700. The Morgan fingerprint density at radius 1 is 1.10 bits per heavy atom. The molecular formula is C16H17Cl2NO. The summed E-state index contributed by atoms with van der Waals surface area (Å²) in [7, 11) is 0. The minimum absolute atomic E-state index is 0.0958. The zero-order valence-corrected chi connectivity index (χ0v) is 13.0. The number of nitrogens with one attached hydrogen (secondary N) is 1. The first kappa shape index (κ1) is 15.2. The average molecular weight is 310 g/mol. The fraction of sp³-hybridized carbons (Fsp3) is 0.250. The zero-order valence-electron chi connectivity index (χ0n) is 11.5. The van der Waals surface area contributed by atoms with Crippen LogP contribution >= 0.6 is 23.2 Å². The van der Waals surface area contributed by atoms with Crippen LogP contribution in [0.4, 0.5) is 5.69 Å². The third-order valence-corrected chi connectivity index (χ3v) is 4.24. The van der Waals surface area contributed by atoms with Crippen LogP contribution < -0.4 is 5.32 Å². The van der Waals surface area contributed by atoms with E-state index in [9.17, 15) is 5.11 Å². The number of hydrogen-bond donors (Lipinski definition) is 2. The lowest BCUT2D eigenvalue weighted by molar-refractivity contribution is 0.224. The van der Waals surface area contributed by atoms with Gasteiger partial charge in [0.05, 0.1) is 22.2 Å². The number of benzene rings is 2. The average Bonchev–Trinajstić information content (AvgIpc) is 2.44. The van der Waals surface area contributed by atoms with Crippen molar-refractivity contribution in [2.75, 3.05) is 11.9 Å². The molecule has 4 heteroatoms. The van der Waals surface area contributed by atoms with Gasteiger partial charge in [-0.2, -0.15) is 0 Å². The van der Waals surface area contributed by atoms with Crippen molar-refractivity contribution in [2.45, 2.75) is 19.4 Å². The van der Waals surface area contributed by atoms with E-state index >= 15 is 0 Å². The van der Waals surface area contributed by atoms with Crippen LogP contribution in [-0.2, 0) is 5.54 Å². The third kappa shape index (κ3) is 2.93. The molecule has 0 aromatic heterocycles. The van der Waals surface area contributed by atoms with Crippen LogP contribution in [0.2, 0.25) is 10.0 Å². The van der Waals surface area contributed by atoms with Crippen LogP contribution in [0.1, 0.15) is 18.1 Å². The van der Waals surface area contributed by atoms with Crippen molar-refractivity contribution in [3.05, 3.63) is 63.6 Å².